The highest BCUT2D eigenvalue weighted by Gasteiger charge is 2.46. The van der Waals surface area contributed by atoms with Crippen LogP contribution in [0, 0.1) is 11.6 Å². The number of nitrogens with one attached hydrogen (secondary N) is 1. The third kappa shape index (κ3) is 3.07. The summed E-state index contributed by atoms with van der Waals surface area (Å²) in [4.78, 5) is 13.1. The van der Waals surface area contributed by atoms with Crippen LogP contribution in [0.2, 0.25) is 0 Å². The first-order chi connectivity index (χ1) is 9.48. The molecule has 2 amide bonds. The molecule has 0 unspecified atom stereocenters. The zero-order valence-corrected chi connectivity index (χ0v) is 11.3. The van der Waals surface area contributed by atoms with E-state index in [9.17, 15) is 13.6 Å². The van der Waals surface area contributed by atoms with Gasteiger partial charge in [0.2, 0.25) is 0 Å². The number of urea groups is 1. The largest absolute Gasteiger partial charge is 0.395 e. The van der Waals surface area contributed by atoms with Gasteiger partial charge in [0.05, 0.1) is 6.61 Å². The molecule has 4 nitrogen and oxygen atoms in total. The van der Waals surface area contributed by atoms with Crippen LogP contribution in [0.15, 0.2) is 18.2 Å². The number of hydrogen-bond donors (Lipinski definition) is 2. The number of carbonyl (C=O) groups excluding carboxylic acids is 1. The topological polar surface area (TPSA) is 52.6 Å². The van der Waals surface area contributed by atoms with Crippen LogP contribution < -0.4 is 5.32 Å². The molecule has 0 aliphatic heterocycles. The van der Waals surface area contributed by atoms with Gasteiger partial charge in [-0.05, 0) is 24.5 Å². The maximum atomic E-state index is 13.8. The molecule has 0 aromatic heterocycles. The third-order valence-electron chi connectivity index (χ3n) is 3.72. The van der Waals surface area contributed by atoms with E-state index in [0.717, 1.165) is 18.9 Å². The van der Waals surface area contributed by atoms with Crippen LogP contribution in [-0.2, 0) is 5.41 Å². The lowest BCUT2D eigenvalue weighted by Crippen LogP contribution is -2.42. The van der Waals surface area contributed by atoms with E-state index in [4.69, 9.17) is 5.11 Å². The Kier molecular flexibility index (Phi) is 4.23. The number of benzene rings is 1. The van der Waals surface area contributed by atoms with Crippen molar-refractivity contribution in [2.75, 3.05) is 26.7 Å². The summed E-state index contributed by atoms with van der Waals surface area (Å²) in [6.45, 7) is 0.440. The van der Waals surface area contributed by atoms with Gasteiger partial charge in [-0.3, -0.25) is 0 Å². The van der Waals surface area contributed by atoms with Crippen LogP contribution >= 0.6 is 0 Å². The van der Waals surface area contributed by atoms with Crippen molar-refractivity contribution in [1.82, 2.24) is 10.2 Å². The van der Waals surface area contributed by atoms with Gasteiger partial charge in [0, 0.05) is 31.6 Å². The lowest BCUT2D eigenvalue weighted by atomic mass is 9.95. The number of likely N-dealkylation sites (N-methyl/N-ethyl adjacent to an activating group) is 1. The summed E-state index contributed by atoms with van der Waals surface area (Å²) in [6.07, 6.45) is 1.53. The molecule has 0 atom stereocenters. The number of carbonyl (C=O) groups is 1. The van der Waals surface area contributed by atoms with Gasteiger partial charge in [0.25, 0.3) is 0 Å². The zero-order chi connectivity index (χ0) is 14.8. The molecule has 0 spiro atoms. The molecular formula is C14H18F2N2O2. The molecule has 2 N–H and O–H groups in total. The van der Waals surface area contributed by atoms with Gasteiger partial charge in [-0.25, -0.2) is 13.6 Å². The fourth-order valence-corrected chi connectivity index (χ4v) is 2.24. The summed E-state index contributed by atoms with van der Waals surface area (Å²) in [6, 6.07) is 3.24. The van der Waals surface area contributed by atoms with Crippen molar-refractivity contribution in [1.29, 1.82) is 0 Å². The number of nitrogens with zero attached hydrogens (tertiary/aromatic N) is 1. The summed E-state index contributed by atoms with van der Waals surface area (Å²) in [7, 11) is 1.57. The third-order valence-corrected chi connectivity index (χ3v) is 3.72. The second-order valence-corrected chi connectivity index (χ2v) is 5.21. The van der Waals surface area contributed by atoms with Gasteiger partial charge in [0.15, 0.2) is 0 Å². The van der Waals surface area contributed by atoms with Gasteiger partial charge >= 0.3 is 6.03 Å². The lowest BCUT2D eigenvalue weighted by Gasteiger charge is -2.21. The van der Waals surface area contributed by atoms with Crippen molar-refractivity contribution in [3.8, 4) is 0 Å². The highest BCUT2D eigenvalue weighted by Crippen LogP contribution is 2.48. The van der Waals surface area contributed by atoms with Crippen LogP contribution in [0.1, 0.15) is 18.4 Å². The van der Waals surface area contributed by atoms with E-state index < -0.39 is 17.0 Å². The van der Waals surface area contributed by atoms with E-state index in [0.29, 0.717) is 12.1 Å². The number of aliphatic hydroxyl groups is 1. The van der Waals surface area contributed by atoms with Gasteiger partial charge in [0.1, 0.15) is 11.6 Å². The average molecular weight is 284 g/mol. The molecule has 20 heavy (non-hydrogen) atoms. The summed E-state index contributed by atoms with van der Waals surface area (Å²) in [5, 5.41) is 11.5. The summed E-state index contributed by atoms with van der Waals surface area (Å²) in [5.41, 5.74) is 0.0250. The second-order valence-electron chi connectivity index (χ2n) is 5.21. The predicted octanol–water partition coefficient (Wildman–Crippen LogP) is 1.63. The molecule has 0 heterocycles. The standard InChI is InChI=1S/C14H18F2N2O2/c1-18(6-7-19)13(20)17-9-14(4-5-14)11-3-2-10(15)8-12(11)16/h2-3,8,19H,4-7,9H2,1H3,(H,17,20). The molecule has 1 aliphatic carbocycles. The molecule has 1 aliphatic rings. The van der Waals surface area contributed by atoms with Crippen LogP contribution in [0.3, 0.4) is 0 Å². The Hall–Kier alpha value is -1.69. The van der Waals surface area contributed by atoms with Crippen LogP contribution in [0.5, 0.6) is 0 Å². The van der Waals surface area contributed by atoms with Gasteiger partial charge in [-0.15, -0.1) is 0 Å². The number of hydrogen-bond acceptors (Lipinski definition) is 2. The minimum Gasteiger partial charge on any atom is -0.395 e. The van der Waals surface area contributed by atoms with Crippen molar-refractivity contribution in [2.45, 2.75) is 18.3 Å². The Morgan fingerprint density at radius 2 is 2.15 bits per heavy atom. The van der Waals surface area contributed by atoms with E-state index in [2.05, 4.69) is 5.32 Å². The molecule has 2 rings (SSSR count). The van der Waals surface area contributed by atoms with Gasteiger partial charge in [-0.1, -0.05) is 6.07 Å². The maximum Gasteiger partial charge on any atom is 0.317 e. The molecule has 1 saturated carbocycles. The number of rotatable bonds is 5. The molecular weight excluding hydrogens is 266 g/mol. The molecule has 0 bridgehead atoms. The second kappa shape index (κ2) is 5.75. The Morgan fingerprint density at radius 3 is 2.70 bits per heavy atom. The number of aliphatic hydroxyl groups excluding tert-OH is 1. The Labute approximate surface area is 116 Å². The molecule has 6 heteroatoms. The lowest BCUT2D eigenvalue weighted by molar-refractivity contribution is 0.189. The Bertz CT molecular complexity index is 504. The predicted molar refractivity (Wildman–Crippen MR) is 70.4 cm³/mol. The number of halogens is 2. The summed E-state index contributed by atoms with van der Waals surface area (Å²) < 4.78 is 26.7. The fourth-order valence-electron chi connectivity index (χ4n) is 2.24. The maximum absolute atomic E-state index is 13.8. The minimum absolute atomic E-state index is 0.109. The molecule has 1 aromatic rings. The van der Waals surface area contributed by atoms with Crippen molar-refractivity contribution in [3.05, 3.63) is 35.4 Å². The van der Waals surface area contributed by atoms with Gasteiger partial charge < -0.3 is 15.3 Å². The van der Waals surface area contributed by atoms with E-state index in [-0.39, 0.29) is 19.2 Å². The van der Waals surface area contributed by atoms with E-state index in [1.807, 2.05) is 0 Å². The monoisotopic (exact) mass is 284 g/mol. The normalized spacial score (nSPS) is 15.8. The van der Waals surface area contributed by atoms with Crippen molar-refractivity contribution >= 4 is 6.03 Å². The quantitative estimate of drug-likeness (QED) is 0.863. The first-order valence-corrected chi connectivity index (χ1v) is 6.54. The van der Waals surface area contributed by atoms with Crippen molar-refractivity contribution in [2.24, 2.45) is 0 Å². The Balaban J connectivity index is 2.00. The fraction of sp³-hybridized carbons (Fsp3) is 0.500. The minimum atomic E-state index is -0.603. The average Bonchev–Trinajstić information content (AvgIpc) is 3.17. The van der Waals surface area contributed by atoms with Crippen LogP contribution in [-0.4, -0.2) is 42.8 Å². The van der Waals surface area contributed by atoms with E-state index >= 15 is 0 Å². The van der Waals surface area contributed by atoms with Gasteiger partial charge in [-0.2, -0.15) is 0 Å². The highest BCUT2D eigenvalue weighted by atomic mass is 19.1. The summed E-state index contributed by atoms with van der Waals surface area (Å²) in [5.74, 6) is -1.17. The highest BCUT2D eigenvalue weighted by molar-refractivity contribution is 5.74. The van der Waals surface area contributed by atoms with Crippen molar-refractivity contribution in [3.63, 3.8) is 0 Å². The van der Waals surface area contributed by atoms with E-state index in [1.54, 1.807) is 7.05 Å². The number of amides is 2. The molecule has 1 aromatic carbocycles. The Morgan fingerprint density at radius 1 is 1.45 bits per heavy atom. The SMILES string of the molecule is CN(CCO)C(=O)NCC1(c2ccc(F)cc2F)CC1. The smallest absolute Gasteiger partial charge is 0.317 e. The molecule has 0 radical (unpaired) electrons. The summed E-state index contributed by atoms with van der Waals surface area (Å²) >= 11 is 0. The van der Waals surface area contributed by atoms with Crippen LogP contribution in [0.4, 0.5) is 13.6 Å². The molecule has 0 saturated heterocycles. The molecule has 110 valence electrons. The molecule has 1 fully saturated rings. The van der Waals surface area contributed by atoms with Crippen molar-refractivity contribution < 1.29 is 18.7 Å². The first kappa shape index (κ1) is 14.7. The zero-order valence-electron chi connectivity index (χ0n) is 11.3. The van der Waals surface area contributed by atoms with E-state index in [1.165, 1.54) is 17.0 Å². The van der Waals surface area contributed by atoms with Crippen LogP contribution in [0.25, 0.3) is 0 Å². The first-order valence-electron chi connectivity index (χ1n) is 6.54.